The number of rotatable bonds is 8. The van der Waals surface area contributed by atoms with Crippen LogP contribution in [0.25, 0.3) is 65.7 Å². The van der Waals surface area contributed by atoms with Crippen molar-refractivity contribution in [2.24, 2.45) is 0 Å². The number of hydrogen-bond acceptors (Lipinski definition) is 4. The van der Waals surface area contributed by atoms with Crippen LogP contribution in [0.4, 0.5) is 34.3 Å². The first kappa shape index (κ1) is 36.4. The number of nitrogens with zero attached hydrogens (tertiary/aromatic N) is 3. The van der Waals surface area contributed by atoms with E-state index >= 15 is 0 Å². The first-order chi connectivity index (χ1) is 31.3. The molecule has 0 saturated carbocycles. The first-order valence-corrected chi connectivity index (χ1v) is 21.4. The molecule has 12 rings (SSSR count). The maximum Gasteiger partial charge on any atom is 0.137 e. The fraction of sp³-hybridized carbons (Fsp3) is 0. The minimum Gasteiger partial charge on any atom is -0.456 e. The second kappa shape index (κ2) is 15.2. The van der Waals surface area contributed by atoms with E-state index in [0.29, 0.717) is 0 Å². The molecule has 1 aliphatic rings. The first-order valence-electron chi connectivity index (χ1n) is 21.4. The maximum atomic E-state index is 6.99. The highest BCUT2D eigenvalue weighted by atomic mass is 16.5. The SMILES string of the molecule is c1ccc(-c2ccccc2N(c2ccc3c(c2)Oc2cccc4c2c-3cc2c3ccccc3c(N(c3ccccc3)c3ccccc3-c3ccccc3)cc42)c2ccccn2)cc1. The zero-order chi connectivity index (χ0) is 41.7. The summed E-state index contributed by atoms with van der Waals surface area (Å²) in [7, 11) is 0. The Labute approximate surface area is 366 Å². The molecule has 4 nitrogen and oxygen atoms in total. The summed E-state index contributed by atoms with van der Waals surface area (Å²) in [4.78, 5) is 9.52. The van der Waals surface area contributed by atoms with Crippen LogP contribution in [0.15, 0.2) is 237 Å². The molecule has 1 aliphatic heterocycles. The Hall–Kier alpha value is -8.47. The lowest BCUT2D eigenvalue weighted by molar-refractivity contribution is 0.487. The van der Waals surface area contributed by atoms with Crippen LogP contribution in [0.3, 0.4) is 0 Å². The molecule has 0 aliphatic carbocycles. The van der Waals surface area contributed by atoms with Crippen molar-refractivity contribution in [2.75, 3.05) is 9.80 Å². The van der Waals surface area contributed by atoms with E-state index in [9.17, 15) is 0 Å². The normalized spacial score (nSPS) is 11.6. The van der Waals surface area contributed by atoms with Crippen molar-refractivity contribution in [1.29, 1.82) is 0 Å². The van der Waals surface area contributed by atoms with E-state index in [0.717, 1.165) is 84.3 Å². The Morgan fingerprint density at radius 3 is 1.60 bits per heavy atom. The number of ether oxygens (including phenoxy) is 1. The molecular formula is C59H39N3O. The number of hydrogen-bond donors (Lipinski definition) is 0. The Morgan fingerprint density at radius 1 is 0.317 bits per heavy atom. The highest BCUT2D eigenvalue weighted by Gasteiger charge is 2.27. The topological polar surface area (TPSA) is 28.6 Å². The van der Waals surface area contributed by atoms with Crippen molar-refractivity contribution in [2.45, 2.75) is 0 Å². The van der Waals surface area contributed by atoms with Gasteiger partial charge >= 0.3 is 0 Å². The molecular weight excluding hydrogens is 767 g/mol. The van der Waals surface area contributed by atoms with Gasteiger partial charge in [-0.1, -0.05) is 158 Å². The third-order valence-electron chi connectivity index (χ3n) is 12.3. The van der Waals surface area contributed by atoms with E-state index in [-0.39, 0.29) is 0 Å². The van der Waals surface area contributed by atoms with Crippen molar-refractivity contribution in [3.8, 4) is 44.9 Å². The molecule has 0 amide bonds. The number of para-hydroxylation sites is 3. The van der Waals surface area contributed by atoms with Crippen LogP contribution in [0, 0.1) is 0 Å². The van der Waals surface area contributed by atoms with E-state index in [4.69, 9.17) is 9.72 Å². The molecule has 0 spiro atoms. The number of anilines is 6. The number of benzene rings is 10. The molecule has 0 unspecified atom stereocenters. The van der Waals surface area contributed by atoms with Crippen molar-refractivity contribution in [3.05, 3.63) is 237 Å². The Kier molecular flexibility index (Phi) is 8.79. The van der Waals surface area contributed by atoms with Crippen LogP contribution < -0.4 is 14.5 Å². The second-order valence-corrected chi connectivity index (χ2v) is 15.9. The van der Waals surface area contributed by atoms with Crippen LogP contribution in [0.5, 0.6) is 11.5 Å². The Morgan fingerprint density at radius 2 is 0.905 bits per heavy atom. The van der Waals surface area contributed by atoms with Crippen molar-refractivity contribution in [3.63, 3.8) is 0 Å². The molecule has 0 radical (unpaired) electrons. The van der Waals surface area contributed by atoms with Gasteiger partial charge in [-0.2, -0.15) is 0 Å². The summed E-state index contributed by atoms with van der Waals surface area (Å²) in [6.45, 7) is 0. The summed E-state index contributed by atoms with van der Waals surface area (Å²) in [5.74, 6) is 2.47. The Balaban J connectivity index is 1.07. The summed E-state index contributed by atoms with van der Waals surface area (Å²) in [5, 5.41) is 6.99. The third-order valence-corrected chi connectivity index (χ3v) is 12.3. The number of aromatic nitrogens is 1. The van der Waals surface area contributed by atoms with Crippen molar-refractivity contribution < 1.29 is 4.74 Å². The van der Waals surface area contributed by atoms with E-state index in [1.54, 1.807) is 0 Å². The summed E-state index contributed by atoms with van der Waals surface area (Å²) in [6.07, 6.45) is 1.85. The molecule has 63 heavy (non-hydrogen) atoms. The van der Waals surface area contributed by atoms with Crippen LogP contribution in [0.1, 0.15) is 0 Å². The highest BCUT2D eigenvalue weighted by molar-refractivity contribution is 6.26. The van der Waals surface area contributed by atoms with Gasteiger partial charge in [-0.25, -0.2) is 4.98 Å². The van der Waals surface area contributed by atoms with Crippen LogP contribution in [-0.2, 0) is 0 Å². The molecule has 10 aromatic carbocycles. The fourth-order valence-electron chi connectivity index (χ4n) is 9.49. The van der Waals surface area contributed by atoms with E-state index in [1.807, 2.05) is 18.3 Å². The third kappa shape index (κ3) is 6.19. The molecule has 0 saturated heterocycles. The van der Waals surface area contributed by atoms with Crippen molar-refractivity contribution >= 4 is 66.6 Å². The molecule has 296 valence electrons. The zero-order valence-electron chi connectivity index (χ0n) is 34.3. The smallest absolute Gasteiger partial charge is 0.137 e. The minimum atomic E-state index is 0.804. The molecule has 4 heteroatoms. The lowest BCUT2D eigenvalue weighted by atomic mass is 9.88. The second-order valence-electron chi connectivity index (χ2n) is 15.9. The van der Waals surface area contributed by atoms with Gasteiger partial charge in [0.15, 0.2) is 0 Å². The highest BCUT2D eigenvalue weighted by Crippen LogP contribution is 2.53. The lowest BCUT2D eigenvalue weighted by Gasteiger charge is -2.30. The summed E-state index contributed by atoms with van der Waals surface area (Å²) >= 11 is 0. The van der Waals surface area contributed by atoms with Crippen LogP contribution in [0.2, 0.25) is 0 Å². The maximum absolute atomic E-state index is 6.99. The predicted molar refractivity (Wildman–Crippen MR) is 263 cm³/mol. The van der Waals surface area contributed by atoms with E-state index < -0.39 is 0 Å². The van der Waals surface area contributed by atoms with E-state index in [1.165, 1.54) is 27.1 Å². The van der Waals surface area contributed by atoms with Crippen LogP contribution >= 0.6 is 0 Å². The van der Waals surface area contributed by atoms with Gasteiger partial charge < -0.3 is 9.64 Å². The van der Waals surface area contributed by atoms with Gasteiger partial charge in [-0.3, -0.25) is 4.90 Å². The van der Waals surface area contributed by atoms with Gasteiger partial charge in [-0.15, -0.1) is 0 Å². The number of fused-ring (bicyclic) bond motifs is 6. The summed E-state index contributed by atoms with van der Waals surface area (Å²) < 4.78 is 6.99. The molecule has 0 fully saturated rings. The number of pyridine rings is 1. The Bertz CT molecular complexity index is 3480. The standard InChI is InChI=1S/C59H39N3O/c1-4-19-40(20-5-1)44-25-12-14-30-53(44)61(42-23-8-3-9-24-42)55-39-51-49-29-18-32-56-59(49)52(38-50(51)46-27-10-11-28-47(46)55)48-35-34-43(37-57(48)63-56)62(58-33-16-17-36-60-58)54-31-15-13-26-45(54)41-21-6-2-7-22-41/h1-39H. The summed E-state index contributed by atoms with van der Waals surface area (Å²) in [5.41, 5.74) is 12.1. The molecule has 0 atom stereocenters. The monoisotopic (exact) mass is 805 g/mol. The average Bonchev–Trinajstić information content (AvgIpc) is 3.36. The predicted octanol–water partition coefficient (Wildman–Crippen LogP) is 16.6. The van der Waals surface area contributed by atoms with Gasteiger partial charge in [0.05, 0.1) is 22.7 Å². The van der Waals surface area contributed by atoms with Gasteiger partial charge in [0, 0.05) is 45.4 Å². The zero-order valence-corrected chi connectivity index (χ0v) is 34.3. The molecule has 0 bridgehead atoms. The lowest BCUT2D eigenvalue weighted by Crippen LogP contribution is -2.13. The molecule has 0 N–H and O–H groups in total. The largest absolute Gasteiger partial charge is 0.456 e. The van der Waals surface area contributed by atoms with Gasteiger partial charge in [0.1, 0.15) is 17.3 Å². The van der Waals surface area contributed by atoms with E-state index in [2.05, 4.69) is 228 Å². The van der Waals surface area contributed by atoms with Crippen molar-refractivity contribution in [1.82, 2.24) is 4.98 Å². The van der Waals surface area contributed by atoms with Gasteiger partial charge in [0.2, 0.25) is 0 Å². The molecule has 11 aromatic rings. The average molecular weight is 806 g/mol. The van der Waals surface area contributed by atoms with Gasteiger partial charge in [0.25, 0.3) is 0 Å². The summed E-state index contributed by atoms with van der Waals surface area (Å²) in [6, 6.07) is 81.9. The van der Waals surface area contributed by atoms with Gasteiger partial charge in [-0.05, 0) is 105 Å². The molecule has 1 aromatic heterocycles. The molecule has 2 heterocycles. The van der Waals surface area contributed by atoms with Crippen LogP contribution in [-0.4, -0.2) is 4.98 Å². The minimum absolute atomic E-state index is 0.804. The quantitative estimate of drug-likeness (QED) is 0.143. The fourth-order valence-corrected chi connectivity index (χ4v) is 9.49.